The molecule has 0 aliphatic heterocycles. The number of benzene rings is 1. The van der Waals surface area contributed by atoms with Crippen molar-refractivity contribution in [2.24, 2.45) is 5.41 Å². The first-order valence-corrected chi connectivity index (χ1v) is 10.6. The zero-order valence-electron chi connectivity index (χ0n) is 17.1. The van der Waals surface area contributed by atoms with Crippen LogP contribution in [0.15, 0.2) is 53.0 Å². The van der Waals surface area contributed by atoms with Crippen molar-refractivity contribution in [3.8, 4) is 0 Å². The minimum Gasteiger partial charge on any atom is -0.508 e. The van der Waals surface area contributed by atoms with E-state index in [0.29, 0.717) is 10.8 Å². The molecular formula is C24H33ClO2. The lowest BCUT2D eigenvalue weighted by molar-refractivity contribution is 0.104. The van der Waals surface area contributed by atoms with Gasteiger partial charge in [0, 0.05) is 10.4 Å². The van der Waals surface area contributed by atoms with Crippen LogP contribution in [0.3, 0.4) is 0 Å². The van der Waals surface area contributed by atoms with E-state index in [2.05, 4.69) is 27.7 Å². The number of allylic oxidation sites excluding steroid dienone is 4. The molecule has 0 fully saturated rings. The lowest BCUT2D eigenvalue weighted by Gasteiger charge is -2.40. The van der Waals surface area contributed by atoms with Crippen molar-refractivity contribution < 1.29 is 9.84 Å². The van der Waals surface area contributed by atoms with E-state index in [4.69, 9.17) is 16.3 Å². The van der Waals surface area contributed by atoms with Crippen LogP contribution in [0.2, 0.25) is 5.02 Å². The zero-order valence-corrected chi connectivity index (χ0v) is 17.9. The van der Waals surface area contributed by atoms with E-state index in [1.54, 1.807) is 0 Å². The van der Waals surface area contributed by atoms with Crippen molar-refractivity contribution in [2.45, 2.75) is 66.2 Å². The number of aliphatic hydroxyl groups excluding tert-OH is 1. The van der Waals surface area contributed by atoms with Crippen LogP contribution in [-0.2, 0) is 4.74 Å². The summed E-state index contributed by atoms with van der Waals surface area (Å²) in [5.41, 5.74) is 3.42. The predicted molar refractivity (Wildman–Crippen MR) is 116 cm³/mol. The van der Waals surface area contributed by atoms with Crippen molar-refractivity contribution in [3.63, 3.8) is 0 Å². The highest BCUT2D eigenvalue weighted by molar-refractivity contribution is 6.30. The first-order valence-electron chi connectivity index (χ1n) is 10.2. The molecule has 3 heteroatoms. The van der Waals surface area contributed by atoms with E-state index < -0.39 is 0 Å². The maximum atomic E-state index is 10.8. The molecule has 1 aliphatic rings. The molecule has 1 aliphatic carbocycles. The van der Waals surface area contributed by atoms with Gasteiger partial charge in [0.05, 0.1) is 6.61 Å². The van der Waals surface area contributed by atoms with Gasteiger partial charge >= 0.3 is 0 Å². The van der Waals surface area contributed by atoms with E-state index in [1.165, 1.54) is 11.3 Å². The molecule has 148 valence electrons. The third-order valence-electron chi connectivity index (χ3n) is 5.66. The Morgan fingerprint density at radius 3 is 2.56 bits per heavy atom. The van der Waals surface area contributed by atoms with Crippen LogP contribution in [0, 0.1) is 5.41 Å². The van der Waals surface area contributed by atoms with E-state index in [0.717, 1.165) is 56.3 Å². The molecule has 0 saturated carbocycles. The Bertz CT molecular complexity index is 724. The Morgan fingerprint density at radius 1 is 1.22 bits per heavy atom. The van der Waals surface area contributed by atoms with Crippen molar-refractivity contribution in [3.05, 3.63) is 63.6 Å². The van der Waals surface area contributed by atoms with Crippen LogP contribution in [0.1, 0.15) is 71.8 Å². The minimum absolute atomic E-state index is 0.00796. The van der Waals surface area contributed by atoms with Crippen LogP contribution in [0.25, 0.3) is 6.08 Å². The Labute approximate surface area is 169 Å². The summed E-state index contributed by atoms with van der Waals surface area (Å²) >= 11 is 6.05. The highest BCUT2D eigenvalue weighted by atomic mass is 35.5. The Hall–Kier alpha value is -1.67. The summed E-state index contributed by atoms with van der Waals surface area (Å²) in [6.45, 7) is 9.55. The number of aliphatic hydroxyl groups is 1. The molecule has 2 rings (SSSR count). The van der Waals surface area contributed by atoms with Gasteiger partial charge in [-0.1, -0.05) is 57.5 Å². The van der Waals surface area contributed by atoms with Crippen LogP contribution in [-0.4, -0.2) is 11.7 Å². The molecular weight excluding hydrogens is 356 g/mol. The fourth-order valence-electron chi connectivity index (χ4n) is 3.91. The Kier molecular flexibility index (Phi) is 8.04. The topological polar surface area (TPSA) is 29.5 Å². The number of rotatable bonds is 8. The first-order chi connectivity index (χ1) is 13.0. The van der Waals surface area contributed by atoms with E-state index in [-0.39, 0.29) is 5.41 Å². The molecule has 2 nitrogen and oxygen atoms in total. The van der Waals surface area contributed by atoms with Crippen molar-refractivity contribution >= 4 is 17.7 Å². The van der Waals surface area contributed by atoms with Gasteiger partial charge in [0.25, 0.3) is 0 Å². The second-order valence-corrected chi connectivity index (χ2v) is 7.79. The molecule has 1 aromatic rings. The number of halogens is 1. The molecule has 0 bridgehead atoms. The lowest BCUT2D eigenvalue weighted by Crippen LogP contribution is -2.30. The Balaban J connectivity index is 2.37. The summed E-state index contributed by atoms with van der Waals surface area (Å²) in [4.78, 5) is 0. The monoisotopic (exact) mass is 388 g/mol. The van der Waals surface area contributed by atoms with Crippen LogP contribution < -0.4 is 0 Å². The average molecular weight is 389 g/mol. The quantitative estimate of drug-likeness (QED) is 0.459. The molecule has 0 heterocycles. The highest BCUT2D eigenvalue weighted by Gasteiger charge is 2.39. The van der Waals surface area contributed by atoms with Crippen LogP contribution in [0.4, 0.5) is 0 Å². The van der Waals surface area contributed by atoms with E-state index in [9.17, 15) is 5.11 Å². The number of hydrogen-bond acceptors (Lipinski definition) is 2. The minimum atomic E-state index is -0.00796. The van der Waals surface area contributed by atoms with E-state index in [1.807, 2.05) is 36.4 Å². The summed E-state index contributed by atoms with van der Waals surface area (Å²) in [7, 11) is 0. The summed E-state index contributed by atoms with van der Waals surface area (Å²) in [6, 6.07) is 7.65. The number of hydrogen-bond donors (Lipinski definition) is 1. The highest BCUT2D eigenvalue weighted by Crippen LogP contribution is 2.49. The molecule has 0 amide bonds. The molecule has 0 spiro atoms. The maximum Gasteiger partial charge on any atom is 0.115 e. The molecule has 0 aromatic heterocycles. The molecule has 0 unspecified atom stereocenters. The third-order valence-corrected chi connectivity index (χ3v) is 5.89. The normalized spacial score (nSPS) is 18.9. The summed E-state index contributed by atoms with van der Waals surface area (Å²) < 4.78 is 6.25. The lowest BCUT2D eigenvalue weighted by atomic mass is 9.68. The average Bonchev–Trinajstić information content (AvgIpc) is 2.69. The standard InChI is InChI=1S/C24H33ClO2/c1-5-14-27-23-19(6-2)16-20(17-24(23,7-3)8-4)22(26)13-12-18-10-9-11-21(25)15-18/h9-13,15,26H,5-8,14,16-17H2,1-4H3/b13-12+,22-20+. The molecule has 27 heavy (non-hydrogen) atoms. The third kappa shape index (κ3) is 5.19. The summed E-state index contributed by atoms with van der Waals surface area (Å²) in [5.74, 6) is 1.56. The zero-order chi connectivity index (χ0) is 19.9. The van der Waals surface area contributed by atoms with Gasteiger partial charge in [-0.15, -0.1) is 0 Å². The largest absolute Gasteiger partial charge is 0.508 e. The maximum absolute atomic E-state index is 10.8. The van der Waals surface area contributed by atoms with Gasteiger partial charge in [0.2, 0.25) is 0 Å². The molecule has 0 radical (unpaired) electrons. The van der Waals surface area contributed by atoms with Gasteiger partial charge < -0.3 is 9.84 Å². The second kappa shape index (κ2) is 10.0. The van der Waals surface area contributed by atoms with Gasteiger partial charge in [-0.2, -0.15) is 0 Å². The smallest absolute Gasteiger partial charge is 0.115 e. The number of ether oxygens (including phenoxy) is 1. The van der Waals surface area contributed by atoms with Gasteiger partial charge in [-0.05, 0) is 73.4 Å². The summed E-state index contributed by atoms with van der Waals surface area (Å²) in [6.07, 6.45) is 9.38. The van der Waals surface area contributed by atoms with Crippen molar-refractivity contribution in [2.75, 3.05) is 6.61 Å². The fraction of sp³-hybridized carbons (Fsp3) is 0.500. The first kappa shape index (κ1) is 21.6. The van der Waals surface area contributed by atoms with Gasteiger partial charge in [0.1, 0.15) is 11.5 Å². The van der Waals surface area contributed by atoms with Crippen LogP contribution in [0.5, 0.6) is 0 Å². The SMILES string of the molecule is CCCOC1=C(CC)C/C(=C(O)/C=C/c2cccc(Cl)c2)CC1(CC)CC. The molecule has 0 atom stereocenters. The van der Waals surface area contributed by atoms with Crippen molar-refractivity contribution in [1.29, 1.82) is 0 Å². The van der Waals surface area contributed by atoms with E-state index >= 15 is 0 Å². The summed E-state index contributed by atoms with van der Waals surface area (Å²) in [5, 5.41) is 11.5. The second-order valence-electron chi connectivity index (χ2n) is 7.35. The van der Waals surface area contributed by atoms with Crippen LogP contribution >= 0.6 is 11.6 Å². The van der Waals surface area contributed by atoms with Gasteiger partial charge in [0.15, 0.2) is 0 Å². The molecule has 1 N–H and O–H groups in total. The fourth-order valence-corrected chi connectivity index (χ4v) is 4.11. The van der Waals surface area contributed by atoms with Crippen molar-refractivity contribution in [1.82, 2.24) is 0 Å². The predicted octanol–water partition coefficient (Wildman–Crippen LogP) is 7.86. The molecule has 0 saturated heterocycles. The van der Waals surface area contributed by atoms with Gasteiger partial charge in [-0.25, -0.2) is 0 Å². The molecule has 1 aromatic carbocycles. The Morgan fingerprint density at radius 2 is 1.96 bits per heavy atom. The van der Waals surface area contributed by atoms with Gasteiger partial charge in [-0.3, -0.25) is 0 Å².